The van der Waals surface area contributed by atoms with Gasteiger partial charge in [0.15, 0.2) is 11.5 Å². The number of halogens is 1. The van der Waals surface area contributed by atoms with E-state index in [9.17, 15) is 0 Å². The Morgan fingerprint density at radius 2 is 2.58 bits per heavy atom. The Labute approximate surface area is 81.0 Å². The second kappa shape index (κ2) is 2.41. The number of fused-ring (bicyclic) bond motifs is 1. The summed E-state index contributed by atoms with van der Waals surface area (Å²) in [5, 5.41) is 3.82. The Balaban J connectivity index is 2.76. The molecule has 0 aliphatic heterocycles. The minimum absolute atomic E-state index is 0.0434. The number of imidazole rings is 1. The van der Waals surface area contributed by atoms with Gasteiger partial charge >= 0.3 is 0 Å². The summed E-state index contributed by atoms with van der Waals surface area (Å²) < 4.78 is 23.3. The van der Waals surface area contributed by atoms with E-state index in [1.54, 1.807) is 0 Å². The van der Waals surface area contributed by atoms with Crippen LogP contribution in [0.3, 0.4) is 0 Å². The van der Waals surface area contributed by atoms with E-state index >= 15 is 0 Å². The van der Waals surface area contributed by atoms with Crippen molar-refractivity contribution in [3.63, 3.8) is 0 Å². The Morgan fingerprint density at radius 1 is 1.75 bits per heavy atom. The molecule has 6 heteroatoms. The van der Waals surface area contributed by atoms with Gasteiger partial charge in [-0.3, -0.25) is 0 Å². The molecular weight excluding hydrogens is 222 g/mol. The van der Waals surface area contributed by atoms with Crippen LogP contribution in [0.4, 0.5) is 5.82 Å². The number of hydrogen-bond acceptors (Lipinski definition) is 4. The van der Waals surface area contributed by atoms with Crippen LogP contribution in [0.15, 0.2) is 10.8 Å². The van der Waals surface area contributed by atoms with Crippen molar-refractivity contribution in [1.82, 2.24) is 19.6 Å². The molecule has 0 bridgehead atoms. The third-order valence-electron chi connectivity index (χ3n) is 1.35. The summed E-state index contributed by atoms with van der Waals surface area (Å²) >= 11 is 3.17. The van der Waals surface area contributed by atoms with Crippen molar-refractivity contribution in [3.05, 3.63) is 16.6 Å². The number of anilines is 1. The highest BCUT2D eigenvalue weighted by molar-refractivity contribution is 9.10. The summed E-state index contributed by atoms with van der Waals surface area (Å²) in [5.41, 5.74) is 5.89. The summed E-state index contributed by atoms with van der Waals surface area (Å²) in [6.07, 6.45) is 1.48. The smallest absolute Gasteiger partial charge is 0.197 e. The molecule has 5 nitrogen and oxygen atoms in total. The van der Waals surface area contributed by atoms with Gasteiger partial charge in [0.05, 0.1) is 6.20 Å². The van der Waals surface area contributed by atoms with Crippen LogP contribution in [-0.4, -0.2) is 19.6 Å². The van der Waals surface area contributed by atoms with Gasteiger partial charge in [-0.05, 0) is 22.8 Å². The van der Waals surface area contributed by atoms with Crippen LogP contribution in [0.25, 0.3) is 5.65 Å². The van der Waals surface area contributed by atoms with Gasteiger partial charge in [-0.2, -0.15) is 5.10 Å². The zero-order valence-electron chi connectivity index (χ0n) is 8.82. The summed E-state index contributed by atoms with van der Waals surface area (Å²) in [4.78, 5) is 7.61. The third-order valence-corrected chi connectivity index (χ3v) is 1.89. The summed E-state index contributed by atoms with van der Waals surface area (Å²) in [6, 6.07) is 0. The maximum atomic E-state index is 7.17. The van der Waals surface area contributed by atoms with Crippen LogP contribution < -0.4 is 5.73 Å². The lowest BCUT2D eigenvalue weighted by molar-refractivity contribution is 0.843. The molecule has 0 saturated heterocycles. The summed E-state index contributed by atoms with van der Waals surface area (Å²) in [6.45, 7) is -2.38. The fraction of sp³-hybridized carbons (Fsp3) is 0.167. The first-order valence-electron chi connectivity index (χ1n) is 4.57. The molecule has 0 aliphatic rings. The second-order valence-corrected chi connectivity index (χ2v) is 2.95. The van der Waals surface area contributed by atoms with E-state index in [2.05, 4.69) is 31.0 Å². The number of nitrogen functional groups attached to an aromatic ring is 1. The molecule has 0 radical (unpaired) electrons. The van der Waals surface area contributed by atoms with Crippen LogP contribution in [-0.2, 0) is 0 Å². The van der Waals surface area contributed by atoms with Crippen molar-refractivity contribution in [1.29, 1.82) is 0 Å². The molecule has 2 aromatic rings. The highest BCUT2D eigenvalue weighted by atomic mass is 79.9. The van der Waals surface area contributed by atoms with Crippen molar-refractivity contribution >= 4 is 27.4 Å². The van der Waals surface area contributed by atoms with Crippen molar-refractivity contribution in [2.75, 3.05) is 5.73 Å². The highest BCUT2D eigenvalue weighted by Gasteiger charge is 2.06. The van der Waals surface area contributed by atoms with E-state index < -0.39 is 6.85 Å². The Morgan fingerprint density at radius 3 is 3.33 bits per heavy atom. The zero-order chi connectivity index (χ0) is 11.2. The predicted molar refractivity (Wildman–Crippen MR) is 47.6 cm³/mol. The first-order chi connectivity index (χ1) is 6.89. The molecule has 0 unspecified atom stereocenters. The zero-order valence-corrected chi connectivity index (χ0v) is 7.41. The molecule has 0 spiro atoms. The quantitative estimate of drug-likeness (QED) is 0.727. The molecule has 0 amide bonds. The normalized spacial score (nSPS) is 15.6. The number of aryl methyl sites for hydroxylation is 1. The average Bonchev–Trinajstić information content (AvgIpc) is 2.47. The number of rotatable bonds is 0. The van der Waals surface area contributed by atoms with Gasteiger partial charge in [0, 0.05) is 4.11 Å². The Hall–Kier alpha value is -1.17. The van der Waals surface area contributed by atoms with Gasteiger partial charge in [-0.1, -0.05) is 0 Å². The SMILES string of the molecule is [2H]C([2H])([2H])c1nc(N)c2ncc(Br)n2n1. The monoisotopic (exact) mass is 230 g/mol. The van der Waals surface area contributed by atoms with Gasteiger partial charge in [0.25, 0.3) is 0 Å². The van der Waals surface area contributed by atoms with E-state index in [-0.39, 0.29) is 11.6 Å². The molecule has 2 N–H and O–H groups in total. The fourth-order valence-electron chi connectivity index (χ4n) is 0.876. The first kappa shape index (κ1) is 4.76. The Bertz CT molecular complexity index is 519. The molecule has 0 aromatic carbocycles. The standard InChI is InChI=1S/C6H6BrN5/c1-3-10-5(8)6-9-2-4(7)12(6)11-3/h2H,1H3,(H2,8,10,11)/i1D3. The summed E-state index contributed by atoms with van der Waals surface area (Å²) in [7, 11) is 0. The van der Waals surface area contributed by atoms with Crippen molar-refractivity contribution in [3.8, 4) is 0 Å². The van der Waals surface area contributed by atoms with Gasteiger partial charge in [-0.15, -0.1) is 0 Å². The van der Waals surface area contributed by atoms with E-state index in [0.717, 1.165) is 0 Å². The van der Waals surface area contributed by atoms with Crippen molar-refractivity contribution < 1.29 is 4.11 Å². The molecule has 2 rings (SSSR count). The lowest BCUT2D eigenvalue weighted by Crippen LogP contribution is -2.03. The lowest BCUT2D eigenvalue weighted by atomic mass is 10.6. The van der Waals surface area contributed by atoms with E-state index in [1.165, 1.54) is 10.7 Å². The minimum Gasteiger partial charge on any atom is -0.380 e. The molecule has 62 valence electrons. The molecule has 2 aromatic heterocycles. The van der Waals surface area contributed by atoms with Gasteiger partial charge in [0.2, 0.25) is 0 Å². The summed E-state index contributed by atoms with van der Waals surface area (Å²) in [5.74, 6) is -0.256. The van der Waals surface area contributed by atoms with Gasteiger partial charge in [0.1, 0.15) is 10.4 Å². The predicted octanol–water partition coefficient (Wildman–Crippen LogP) is 0.777. The second-order valence-electron chi connectivity index (χ2n) is 2.14. The van der Waals surface area contributed by atoms with Crippen LogP contribution in [0.2, 0.25) is 0 Å². The number of nitrogens with zero attached hydrogens (tertiary/aromatic N) is 4. The van der Waals surface area contributed by atoms with Crippen LogP contribution in [0, 0.1) is 6.85 Å². The maximum absolute atomic E-state index is 7.17. The van der Waals surface area contributed by atoms with Gasteiger partial charge in [-0.25, -0.2) is 14.5 Å². The Kier molecular flexibility index (Phi) is 0.956. The minimum atomic E-state index is -2.38. The largest absolute Gasteiger partial charge is 0.380 e. The van der Waals surface area contributed by atoms with E-state index in [1.807, 2.05) is 0 Å². The molecule has 0 fully saturated rings. The molecule has 0 atom stereocenters. The molecule has 2 heterocycles. The van der Waals surface area contributed by atoms with Gasteiger partial charge < -0.3 is 5.73 Å². The van der Waals surface area contributed by atoms with Crippen molar-refractivity contribution in [2.45, 2.75) is 6.85 Å². The maximum Gasteiger partial charge on any atom is 0.197 e. The van der Waals surface area contributed by atoms with Crippen molar-refractivity contribution in [2.24, 2.45) is 0 Å². The molecule has 0 saturated carbocycles. The molecule has 0 aliphatic carbocycles. The number of hydrogen-bond donors (Lipinski definition) is 1. The fourth-order valence-corrected chi connectivity index (χ4v) is 1.23. The lowest BCUT2D eigenvalue weighted by Gasteiger charge is -1.98. The van der Waals surface area contributed by atoms with Crippen LogP contribution in [0.5, 0.6) is 0 Å². The first-order valence-corrected chi connectivity index (χ1v) is 3.86. The molecule has 12 heavy (non-hydrogen) atoms. The topological polar surface area (TPSA) is 69.1 Å². The average molecular weight is 231 g/mol. The van der Waals surface area contributed by atoms with Crippen LogP contribution >= 0.6 is 15.9 Å². The molecular formula is C6H6BrN5. The third kappa shape index (κ3) is 0.953. The van der Waals surface area contributed by atoms with Crippen LogP contribution in [0.1, 0.15) is 9.94 Å². The highest BCUT2D eigenvalue weighted by Crippen LogP contribution is 2.14. The number of nitrogens with two attached hydrogens (primary N) is 1. The van der Waals surface area contributed by atoms with E-state index in [4.69, 9.17) is 9.85 Å². The number of aromatic nitrogens is 4. The van der Waals surface area contributed by atoms with E-state index in [0.29, 0.717) is 10.3 Å².